The fourth-order valence-corrected chi connectivity index (χ4v) is 10.8. The third-order valence-electron chi connectivity index (χ3n) is 12.3. The minimum atomic E-state index is -0.557. The normalized spacial score (nSPS) is 13.0. The number of hydrogen-bond acceptors (Lipinski definition) is 5. The highest BCUT2D eigenvalue weighted by atomic mass is 32.2. The highest BCUT2D eigenvalue weighted by Gasteiger charge is 2.51. The summed E-state index contributed by atoms with van der Waals surface area (Å²) in [5.41, 5.74) is 21.6. The molecule has 0 fully saturated rings. The van der Waals surface area contributed by atoms with Crippen molar-refractivity contribution in [2.24, 2.45) is 0 Å². The molecule has 2 heterocycles. The van der Waals surface area contributed by atoms with Crippen molar-refractivity contribution in [1.29, 1.82) is 0 Å². The van der Waals surface area contributed by atoms with Crippen LogP contribution in [0.4, 0.5) is 5.69 Å². The minimum Gasteiger partial charge on any atom is -0.399 e. The van der Waals surface area contributed by atoms with Crippen molar-refractivity contribution in [3.8, 4) is 67.5 Å². The molecule has 0 atom stereocenters. The number of nitrogens with two attached hydrogens (primary N) is 1. The number of hydrogen-bond donors (Lipinski definition) is 1. The van der Waals surface area contributed by atoms with Crippen molar-refractivity contribution in [3.05, 3.63) is 229 Å². The second-order valence-corrected chi connectivity index (χ2v) is 16.8. The van der Waals surface area contributed by atoms with Gasteiger partial charge in [0.05, 0.1) is 5.41 Å². The molecule has 0 saturated carbocycles. The molecule has 1 aliphatic heterocycles. The topological polar surface area (TPSA) is 64.7 Å². The van der Waals surface area contributed by atoms with E-state index in [0.29, 0.717) is 17.5 Å². The molecule has 0 amide bonds. The molecule has 61 heavy (non-hydrogen) atoms. The van der Waals surface area contributed by atoms with Gasteiger partial charge in [0.2, 0.25) is 0 Å². The molecule has 2 N–H and O–H groups in total. The largest absolute Gasteiger partial charge is 0.399 e. The summed E-state index contributed by atoms with van der Waals surface area (Å²) in [6.07, 6.45) is 0. The first-order valence-corrected chi connectivity index (χ1v) is 21.4. The summed E-state index contributed by atoms with van der Waals surface area (Å²) in [6, 6.07) is 73.7. The van der Waals surface area contributed by atoms with Gasteiger partial charge in [-0.3, -0.25) is 0 Å². The van der Waals surface area contributed by atoms with E-state index in [1.165, 1.54) is 65.1 Å². The first kappa shape index (κ1) is 35.4. The summed E-state index contributed by atoms with van der Waals surface area (Å²) >= 11 is 1.87. The zero-order valence-corrected chi connectivity index (χ0v) is 33.8. The summed E-state index contributed by atoms with van der Waals surface area (Å²) in [7, 11) is 0. The van der Waals surface area contributed by atoms with Crippen LogP contribution in [0.15, 0.2) is 216 Å². The van der Waals surface area contributed by atoms with Gasteiger partial charge in [-0.05, 0) is 103 Å². The first-order chi connectivity index (χ1) is 30.1. The minimum absolute atomic E-state index is 0.557. The van der Waals surface area contributed by atoms with Crippen LogP contribution < -0.4 is 5.73 Å². The van der Waals surface area contributed by atoms with Crippen LogP contribution in [0.1, 0.15) is 22.3 Å². The Morgan fingerprint density at radius 1 is 0.344 bits per heavy atom. The SMILES string of the molecule is Nc1ccc(-c2ccc3c(c2)C2(c4ccccc4Sc4ccccc42)c2cc(-c4ccc(-c5nc(-c6ccccc6)nc(-c6ccccc6)n5)cc4)c4ccccc4c2-3)cc1. The van der Waals surface area contributed by atoms with Crippen molar-refractivity contribution in [3.63, 3.8) is 0 Å². The van der Waals surface area contributed by atoms with Crippen molar-refractivity contribution in [1.82, 2.24) is 15.0 Å². The van der Waals surface area contributed by atoms with Crippen LogP contribution in [0.3, 0.4) is 0 Å². The van der Waals surface area contributed by atoms with Gasteiger partial charge in [0.1, 0.15) is 0 Å². The second kappa shape index (κ2) is 14.0. The Kier molecular flexibility index (Phi) is 8.12. The van der Waals surface area contributed by atoms with Gasteiger partial charge < -0.3 is 5.73 Å². The Balaban J connectivity index is 1.08. The van der Waals surface area contributed by atoms with Gasteiger partial charge >= 0.3 is 0 Å². The Labute approximate surface area is 358 Å². The van der Waals surface area contributed by atoms with Gasteiger partial charge in [0.15, 0.2) is 17.5 Å². The molecular weight excluding hydrogens is 761 g/mol. The quantitative estimate of drug-likeness (QED) is 0.176. The van der Waals surface area contributed by atoms with Crippen molar-refractivity contribution >= 4 is 28.2 Å². The van der Waals surface area contributed by atoms with E-state index in [2.05, 4.69) is 133 Å². The van der Waals surface area contributed by atoms with Gasteiger partial charge in [-0.15, -0.1) is 0 Å². The van der Waals surface area contributed by atoms with Crippen LogP contribution in [-0.4, -0.2) is 15.0 Å². The molecule has 9 aromatic carbocycles. The van der Waals surface area contributed by atoms with E-state index < -0.39 is 5.41 Å². The van der Waals surface area contributed by atoms with Crippen LogP contribution in [0, 0.1) is 0 Å². The molecule has 10 aromatic rings. The maximum Gasteiger partial charge on any atom is 0.164 e. The number of anilines is 1. The molecule has 0 unspecified atom stereocenters. The lowest BCUT2D eigenvalue weighted by molar-refractivity contribution is 0.723. The molecule has 5 heteroatoms. The molecule has 12 rings (SSSR count). The molecule has 1 aromatic heterocycles. The number of nitrogen functional groups attached to an aromatic ring is 1. The number of rotatable bonds is 5. The van der Waals surface area contributed by atoms with Crippen molar-refractivity contribution in [2.75, 3.05) is 5.73 Å². The van der Waals surface area contributed by atoms with E-state index in [1.807, 2.05) is 84.6 Å². The monoisotopic (exact) mass is 796 g/mol. The van der Waals surface area contributed by atoms with Gasteiger partial charge in [-0.25, -0.2) is 15.0 Å². The van der Waals surface area contributed by atoms with Crippen LogP contribution in [0.5, 0.6) is 0 Å². The van der Waals surface area contributed by atoms with E-state index in [0.717, 1.165) is 33.5 Å². The average Bonchev–Trinajstić information content (AvgIpc) is 3.62. The van der Waals surface area contributed by atoms with Gasteiger partial charge in [-0.1, -0.05) is 182 Å². The number of nitrogens with zero attached hydrogens (tertiary/aromatic N) is 3. The van der Waals surface area contributed by atoms with E-state index in [4.69, 9.17) is 20.7 Å². The molecule has 1 aliphatic carbocycles. The second-order valence-electron chi connectivity index (χ2n) is 15.7. The number of aromatic nitrogens is 3. The fraction of sp³-hybridized carbons (Fsp3) is 0.0179. The average molecular weight is 797 g/mol. The molecule has 286 valence electrons. The lowest BCUT2D eigenvalue weighted by Gasteiger charge is -2.40. The third kappa shape index (κ3) is 5.58. The third-order valence-corrected chi connectivity index (χ3v) is 13.5. The van der Waals surface area contributed by atoms with Crippen LogP contribution in [0.2, 0.25) is 0 Å². The highest BCUT2D eigenvalue weighted by Crippen LogP contribution is 2.64. The maximum atomic E-state index is 6.17. The van der Waals surface area contributed by atoms with Gasteiger partial charge in [0, 0.05) is 32.2 Å². The van der Waals surface area contributed by atoms with Gasteiger partial charge in [0.25, 0.3) is 0 Å². The summed E-state index contributed by atoms with van der Waals surface area (Å²) < 4.78 is 0. The van der Waals surface area contributed by atoms with Crippen LogP contribution >= 0.6 is 11.8 Å². The van der Waals surface area contributed by atoms with E-state index in [1.54, 1.807) is 0 Å². The molecule has 0 radical (unpaired) electrons. The molecule has 0 bridgehead atoms. The molecule has 0 saturated heterocycles. The lowest BCUT2D eigenvalue weighted by atomic mass is 9.66. The summed E-state index contributed by atoms with van der Waals surface area (Å²) in [6.45, 7) is 0. The van der Waals surface area contributed by atoms with Crippen LogP contribution in [-0.2, 0) is 5.41 Å². The molecular formula is C56H36N4S. The first-order valence-electron chi connectivity index (χ1n) is 20.6. The highest BCUT2D eigenvalue weighted by molar-refractivity contribution is 7.99. The summed E-state index contributed by atoms with van der Waals surface area (Å²) in [5.74, 6) is 1.93. The van der Waals surface area contributed by atoms with Gasteiger partial charge in [-0.2, -0.15) is 0 Å². The van der Waals surface area contributed by atoms with Crippen molar-refractivity contribution in [2.45, 2.75) is 15.2 Å². The molecule has 1 spiro atoms. The smallest absolute Gasteiger partial charge is 0.164 e. The Hall–Kier alpha value is -7.60. The van der Waals surface area contributed by atoms with E-state index in [-0.39, 0.29) is 0 Å². The number of fused-ring (bicyclic) bond motifs is 11. The zero-order chi connectivity index (χ0) is 40.5. The van der Waals surface area contributed by atoms with E-state index in [9.17, 15) is 0 Å². The van der Waals surface area contributed by atoms with E-state index >= 15 is 0 Å². The maximum absolute atomic E-state index is 6.17. The zero-order valence-electron chi connectivity index (χ0n) is 33.0. The fourth-order valence-electron chi connectivity index (χ4n) is 9.58. The van der Waals surface area contributed by atoms with Crippen molar-refractivity contribution < 1.29 is 0 Å². The standard InChI is InChI=1S/C56H36N4S/c57-41-30-27-35(28-31-41)40-29-32-44-48(33-40)56(46-19-9-11-21-50(46)61-51-22-12-10-20-47(51)56)49-34-45(42-17-7-8-18-43(42)52(44)49)36-23-25-39(26-24-36)55-59-53(37-13-3-1-4-14-37)58-54(60-55)38-15-5-2-6-16-38/h1-34H,57H2. The lowest BCUT2D eigenvalue weighted by Crippen LogP contribution is -2.32. The van der Waals surface area contributed by atoms with Crippen LogP contribution in [0.25, 0.3) is 78.3 Å². The Bertz CT molecular complexity index is 3220. The summed E-state index contributed by atoms with van der Waals surface area (Å²) in [4.78, 5) is 17.5. The summed E-state index contributed by atoms with van der Waals surface area (Å²) in [5, 5.41) is 2.45. The number of benzene rings is 9. The Morgan fingerprint density at radius 3 is 1.43 bits per heavy atom. The molecule has 4 nitrogen and oxygen atoms in total. The Morgan fingerprint density at radius 2 is 0.820 bits per heavy atom. The molecule has 2 aliphatic rings. The predicted molar refractivity (Wildman–Crippen MR) is 250 cm³/mol. The predicted octanol–water partition coefficient (Wildman–Crippen LogP) is 13.8.